The Balaban J connectivity index is 1.85. The zero-order valence-corrected chi connectivity index (χ0v) is 12.5. The number of fused-ring (bicyclic) bond motifs is 1. The molecule has 1 atom stereocenters. The Morgan fingerprint density at radius 1 is 1.10 bits per heavy atom. The molecular formula is C16H12ClF2NS. The Hall–Kier alpha value is -1.49. The molecule has 0 bridgehead atoms. The second-order valence-corrected chi connectivity index (χ2v) is 6.41. The molecule has 0 saturated carbocycles. The monoisotopic (exact) mass is 323 g/mol. The highest BCUT2D eigenvalue weighted by Crippen LogP contribution is 2.31. The standard InChI is InChI=1S/C16H12ClF2NS/c17-12-5-9(1-4-13(12)19)6-14(20)16-7-10-2-3-11(18)8-15(10)21-16/h1-5,7-8,14H,6,20H2. The summed E-state index contributed by atoms with van der Waals surface area (Å²) in [5, 5.41) is 1.07. The van der Waals surface area contributed by atoms with Crippen molar-refractivity contribution in [3.05, 3.63) is 69.6 Å². The van der Waals surface area contributed by atoms with E-state index >= 15 is 0 Å². The van der Waals surface area contributed by atoms with Crippen LogP contribution in [0, 0.1) is 11.6 Å². The molecule has 0 radical (unpaired) electrons. The highest BCUT2D eigenvalue weighted by atomic mass is 35.5. The lowest BCUT2D eigenvalue weighted by molar-refractivity contribution is 0.626. The van der Waals surface area contributed by atoms with Gasteiger partial charge in [-0.05, 0) is 47.7 Å². The lowest BCUT2D eigenvalue weighted by Gasteiger charge is -2.10. The molecule has 21 heavy (non-hydrogen) atoms. The van der Waals surface area contributed by atoms with Gasteiger partial charge in [0.15, 0.2) is 0 Å². The molecule has 0 aliphatic rings. The fraction of sp³-hybridized carbons (Fsp3) is 0.125. The van der Waals surface area contributed by atoms with Gasteiger partial charge in [0.1, 0.15) is 11.6 Å². The highest BCUT2D eigenvalue weighted by Gasteiger charge is 2.12. The fourth-order valence-electron chi connectivity index (χ4n) is 2.23. The molecule has 3 rings (SSSR count). The molecule has 2 aromatic carbocycles. The summed E-state index contributed by atoms with van der Waals surface area (Å²) in [5.74, 6) is -0.693. The topological polar surface area (TPSA) is 26.0 Å². The van der Waals surface area contributed by atoms with E-state index in [0.717, 1.165) is 20.5 Å². The third-order valence-electron chi connectivity index (χ3n) is 3.31. The highest BCUT2D eigenvalue weighted by molar-refractivity contribution is 7.19. The van der Waals surface area contributed by atoms with E-state index in [2.05, 4.69) is 0 Å². The van der Waals surface area contributed by atoms with Crippen molar-refractivity contribution in [1.29, 1.82) is 0 Å². The van der Waals surface area contributed by atoms with Crippen LogP contribution < -0.4 is 5.73 Å². The number of hydrogen-bond acceptors (Lipinski definition) is 2. The van der Waals surface area contributed by atoms with Crippen LogP contribution in [0.3, 0.4) is 0 Å². The van der Waals surface area contributed by atoms with Crippen molar-refractivity contribution in [2.45, 2.75) is 12.5 Å². The van der Waals surface area contributed by atoms with Crippen LogP contribution in [0.2, 0.25) is 5.02 Å². The minimum absolute atomic E-state index is 0.0955. The Morgan fingerprint density at radius 3 is 2.67 bits per heavy atom. The Labute approximate surface area is 130 Å². The normalized spacial score (nSPS) is 12.8. The predicted molar refractivity (Wildman–Crippen MR) is 83.8 cm³/mol. The van der Waals surface area contributed by atoms with Crippen LogP contribution in [-0.2, 0) is 6.42 Å². The van der Waals surface area contributed by atoms with Crippen LogP contribution in [0.5, 0.6) is 0 Å². The summed E-state index contributed by atoms with van der Waals surface area (Å²) in [6.45, 7) is 0. The molecule has 0 aliphatic carbocycles. The first-order valence-electron chi connectivity index (χ1n) is 6.41. The number of benzene rings is 2. The van der Waals surface area contributed by atoms with Gasteiger partial charge in [0, 0.05) is 15.6 Å². The van der Waals surface area contributed by atoms with Crippen molar-refractivity contribution in [2.75, 3.05) is 0 Å². The van der Waals surface area contributed by atoms with Crippen LogP contribution in [0.15, 0.2) is 42.5 Å². The molecule has 2 N–H and O–H groups in total. The fourth-order valence-corrected chi connectivity index (χ4v) is 3.52. The summed E-state index contributed by atoms with van der Waals surface area (Å²) >= 11 is 7.24. The van der Waals surface area contributed by atoms with E-state index in [1.165, 1.54) is 29.5 Å². The summed E-state index contributed by atoms with van der Waals surface area (Å²) in [6, 6.07) is 11.0. The van der Waals surface area contributed by atoms with Crippen molar-refractivity contribution in [3.63, 3.8) is 0 Å². The van der Waals surface area contributed by atoms with Crippen LogP contribution in [-0.4, -0.2) is 0 Å². The largest absolute Gasteiger partial charge is 0.323 e. The molecule has 3 aromatic rings. The molecule has 0 aliphatic heterocycles. The second kappa shape index (κ2) is 5.72. The Bertz CT molecular complexity index is 800. The van der Waals surface area contributed by atoms with Crippen LogP contribution in [0.25, 0.3) is 10.1 Å². The van der Waals surface area contributed by atoms with E-state index in [0.29, 0.717) is 6.42 Å². The minimum Gasteiger partial charge on any atom is -0.323 e. The Kier molecular flexibility index (Phi) is 3.93. The van der Waals surface area contributed by atoms with Gasteiger partial charge >= 0.3 is 0 Å². The van der Waals surface area contributed by atoms with Gasteiger partial charge in [0.05, 0.1) is 5.02 Å². The van der Waals surface area contributed by atoms with Crippen molar-refractivity contribution in [3.8, 4) is 0 Å². The van der Waals surface area contributed by atoms with Gasteiger partial charge in [0.25, 0.3) is 0 Å². The van der Waals surface area contributed by atoms with Crippen molar-refractivity contribution < 1.29 is 8.78 Å². The quantitative estimate of drug-likeness (QED) is 0.715. The summed E-state index contributed by atoms with van der Waals surface area (Å²) in [4.78, 5) is 0.969. The molecule has 0 saturated heterocycles. The van der Waals surface area contributed by atoms with E-state index in [1.54, 1.807) is 18.2 Å². The minimum atomic E-state index is -0.439. The predicted octanol–water partition coefficient (Wildman–Crippen LogP) is 5.08. The Morgan fingerprint density at radius 2 is 1.90 bits per heavy atom. The zero-order valence-electron chi connectivity index (χ0n) is 10.9. The van der Waals surface area contributed by atoms with Crippen LogP contribution >= 0.6 is 22.9 Å². The molecular weight excluding hydrogens is 312 g/mol. The van der Waals surface area contributed by atoms with Gasteiger partial charge in [0.2, 0.25) is 0 Å². The lowest BCUT2D eigenvalue weighted by atomic mass is 10.0. The molecule has 1 unspecified atom stereocenters. The SMILES string of the molecule is NC(Cc1ccc(F)c(Cl)c1)c1cc2ccc(F)cc2s1. The summed E-state index contributed by atoms with van der Waals surface area (Å²) < 4.78 is 27.2. The van der Waals surface area contributed by atoms with Gasteiger partial charge in [-0.25, -0.2) is 8.78 Å². The maximum atomic E-state index is 13.2. The smallest absolute Gasteiger partial charge is 0.141 e. The van der Waals surface area contributed by atoms with Crippen molar-refractivity contribution in [2.24, 2.45) is 5.73 Å². The number of nitrogens with two attached hydrogens (primary N) is 1. The van der Waals surface area contributed by atoms with E-state index in [4.69, 9.17) is 17.3 Å². The number of hydrogen-bond donors (Lipinski definition) is 1. The van der Waals surface area contributed by atoms with Crippen molar-refractivity contribution in [1.82, 2.24) is 0 Å². The van der Waals surface area contributed by atoms with Gasteiger partial charge in [-0.3, -0.25) is 0 Å². The number of rotatable bonds is 3. The average molecular weight is 324 g/mol. The second-order valence-electron chi connectivity index (χ2n) is 4.89. The first-order chi connectivity index (χ1) is 10.0. The third-order valence-corrected chi connectivity index (χ3v) is 4.83. The maximum absolute atomic E-state index is 13.2. The third kappa shape index (κ3) is 3.07. The van der Waals surface area contributed by atoms with E-state index < -0.39 is 5.82 Å². The maximum Gasteiger partial charge on any atom is 0.141 e. The van der Waals surface area contributed by atoms with Gasteiger partial charge in [-0.15, -0.1) is 11.3 Å². The van der Waals surface area contributed by atoms with Crippen LogP contribution in [0.1, 0.15) is 16.5 Å². The van der Waals surface area contributed by atoms with E-state index in [1.807, 2.05) is 6.07 Å². The molecule has 5 heteroatoms. The summed E-state index contributed by atoms with van der Waals surface area (Å²) in [7, 11) is 0. The first kappa shape index (κ1) is 14.4. The molecule has 0 amide bonds. The molecule has 0 spiro atoms. The average Bonchev–Trinajstić information content (AvgIpc) is 2.86. The zero-order chi connectivity index (χ0) is 15.0. The van der Waals surface area contributed by atoms with E-state index in [-0.39, 0.29) is 16.9 Å². The molecule has 1 aromatic heterocycles. The molecule has 0 fully saturated rings. The van der Waals surface area contributed by atoms with Crippen molar-refractivity contribution >= 4 is 33.0 Å². The molecule has 1 heterocycles. The molecule has 1 nitrogen and oxygen atoms in total. The summed E-state index contributed by atoms with van der Waals surface area (Å²) in [6.07, 6.45) is 0.551. The van der Waals surface area contributed by atoms with E-state index in [9.17, 15) is 8.78 Å². The number of halogens is 3. The van der Waals surface area contributed by atoms with Gasteiger partial charge in [-0.1, -0.05) is 23.7 Å². The lowest BCUT2D eigenvalue weighted by Crippen LogP contribution is -2.11. The van der Waals surface area contributed by atoms with Gasteiger partial charge < -0.3 is 5.73 Å². The first-order valence-corrected chi connectivity index (χ1v) is 7.61. The van der Waals surface area contributed by atoms with Gasteiger partial charge in [-0.2, -0.15) is 0 Å². The molecule has 108 valence electrons. The summed E-state index contributed by atoms with van der Waals surface area (Å²) in [5.41, 5.74) is 7.07. The number of thiophene rings is 1. The van der Waals surface area contributed by atoms with Crippen LogP contribution in [0.4, 0.5) is 8.78 Å².